The zero-order valence-corrected chi connectivity index (χ0v) is 7.95. The fourth-order valence-corrected chi connectivity index (χ4v) is 2.47. The van der Waals surface area contributed by atoms with Gasteiger partial charge in [0.1, 0.15) is 0 Å². The first-order chi connectivity index (χ1) is 6.33. The van der Waals surface area contributed by atoms with E-state index >= 15 is 0 Å². The van der Waals surface area contributed by atoms with Crippen molar-refractivity contribution in [2.75, 3.05) is 6.54 Å². The highest BCUT2D eigenvalue weighted by Gasteiger charge is 2.30. The maximum Gasteiger partial charge on any atom is 0.0882 e. The van der Waals surface area contributed by atoms with Gasteiger partial charge in [0.25, 0.3) is 0 Å². The van der Waals surface area contributed by atoms with E-state index in [0.717, 1.165) is 5.57 Å². The van der Waals surface area contributed by atoms with Crippen molar-refractivity contribution in [1.29, 1.82) is 0 Å². The van der Waals surface area contributed by atoms with Gasteiger partial charge in [0, 0.05) is 18.7 Å². The van der Waals surface area contributed by atoms with Crippen molar-refractivity contribution in [3.05, 3.63) is 23.8 Å². The summed E-state index contributed by atoms with van der Waals surface area (Å²) in [4.78, 5) is 0. The zero-order chi connectivity index (χ0) is 9.26. The molecule has 3 atom stereocenters. The molecule has 0 radical (unpaired) electrons. The van der Waals surface area contributed by atoms with E-state index in [9.17, 15) is 5.11 Å². The second-order valence-electron chi connectivity index (χ2n) is 3.15. The van der Waals surface area contributed by atoms with E-state index in [1.807, 2.05) is 18.4 Å². The molecule has 3 nitrogen and oxygen atoms in total. The van der Waals surface area contributed by atoms with Gasteiger partial charge in [0.2, 0.25) is 0 Å². The first-order valence-corrected chi connectivity index (χ1v) is 5.12. The van der Waals surface area contributed by atoms with Crippen LogP contribution in [0.25, 0.3) is 0 Å². The van der Waals surface area contributed by atoms with E-state index in [-0.39, 0.29) is 12.5 Å². The predicted molar refractivity (Wildman–Crippen MR) is 55.6 cm³/mol. The van der Waals surface area contributed by atoms with Crippen LogP contribution in [-0.4, -0.2) is 29.2 Å². The summed E-state index contributed by atoms with van der Waals surface area (Å²) in [5, 5.41) is 9.99. The average molecular weight is 196 g/mol. The maximum absolute atomic E-state index is 9.63. The number of nitrogens with two attached hydrogens (primary N) is 1. The number of rotatable bonds is 2. The lowest BCUT2D eigenvalue weighted by Crippen LogP contribution is -2.30. The van der Waals surface area contributed by atoms with Crippen LogP contribution in [0.4, 0.5) is 0 Å². The maximum atomic E-state index is 9.63. The highest BCUT2D eigenvalue weighted by atomic mass is 32.2. The minimum absolute atomic E-state index is 0.244. The Balaban J connectivity index is 2.21. The molecule has 0 fully saturated rings. The Morgan fingerprint density at radius 3 is 3.31 bits per heavy atom. The number of hydrogen-bond donors (Lipinski definition) is 2. The van der Waals surface area contributed by atoms with E-state index in [1.54, 1.807) is 11.9 Å². The van der Waals surface area contributed by atoms with Gasteiger partial charge >= 0.3 is 0 Å². The Hall–Kier alpha value is -0.580. The lowest BCUT2D eigenvalue weighted by atomic mass is 9.88. The third-order valence-electron chi connectivity index (χ3n) is 2.34. The molecule has 0 amide bonds. The van der Waals surface area contributed by atoms with Gasteiger partial charge in [-0.05, 0) is 17.5 Å². The third-order valence-corrected chi connectivity index (χ3v) is 3.28. The van der Waals surface area contributed by atoms with Gasteiger partial charge in [0.05, 0.1) is 11.4 Å². The molecular weight excluding hydrogens is 184 g/mol. The second-order valence-corrected chi connectivity index (χ2v) is 4.12. The highest BCUT2D eigenvalue weighted by Crippen LogP contribution is 2.35. The summed E-state index contributed by atoms with van der Waals surface area (Å²) in [6.07, 6.45) is 7.38. The summed E-state index contributed by atoms with van der Waals surface area (Å²) < 4.78 is 4.14. The second kappa shape index (κ2) is 3.65. The molecule has 1 heterocycles. The Kier molecular flexibility index (Phi) is 2.53. The number of aliphatic hydroxyl groups excluding tert-OH is 1. The molecule has 0 saturated carbocycles. The minimum atomic E-state index is -0.525. The summed E-state index contributed by atoms with van der Waals surface area (Å²) in [7, 11) is 0. The monoisotopic (exact) mass is 196 g/mol. The standard InChI is InChI=1S/C9H12N2OS/c10-4-8(12)6-2-1-3-9-7(6)5-11-13-9/h1-3,5,7-9,12H,4,10H2. The van der Waals surface area contributed by atoms with Crippen LogP contribution in [0.15, 0.2) is 28.2 Å². The SMILES string of the molecule is NCC(O)C1=CC=CC2SN=CC12. The summed E-state index contributed by atoms with van der Waals surface area (Å²) >= 11 is 1.55. The van der Waals surface area contributed by atoms with Gasteiger partial charge in [-0.3, -0.25) is 0 Å². The van der Waals surface area contributed by atoms with Crippen molar-refractivity contribution in [2.45, 2.75) is 11.4 Å². The number of allylic oxidation sites excluding steroid dienone is 2. The first kappa shape index (κ1) is 8.99. The Labute approximate surface area is 81.6 Å². The summed E-state index contributed by atoms with van der Waals surface area (Å²) in [5.41, 5.74) is 6.41. The van der Waals surface area contributed by atoms with Gasteiger partial charge in [-0.2, -0.15) is 0 Å². The van der Waals surface area contributed by atoms with Crippen LogP contribution in [0.3, 0.4) is 0 Å². The molecule has 0 saturated heterocycles. The van der Waals surface area contributed by atoms with Gasteiger partial charge in [0.15, 0.2) is 0 Å². The van der Waals surface area contributed by atoms with Crippen LogP contribution in [0.2, 0.25) is 0 Å². The van der Waals surface area contributed by atoms with Crippen LogP contribution in [0.1, 0.15) is 0 Å². The van der Waals surface area contributed by atoms with E-state index in [0.29, 0.717) is 5.25 Å². The molecule has 1 aliphatic heterocycles. The number of fused-ring (bicyclic) bond motifs is 1. The van der Waals surface area contributed by atoms with Gasteiger partial charge in [-0.25, -0.2) is 4.40 Å². The number of nitrogens with zero attached hydrogens (tertiary/aromatic N) is 1. The molecule has 2 rings (SSSR count). The summed E-state index contributed by atoms with van der Waals surface area (Å²) in [6, 6.07) is 0. The van der Waals surface area contributed by atoms with E-state index in [4.69, 9.17) is 5.73 Å². The van der Waals surface area contributed by atoms with E-state index in [1.165, 1.54) is 0 Å². The number of aliphatic hydroxyl groups is 1. The van der Waals surface area contributed by atoms with Crippen molar-refractivity contribution in [2.24, 2.45) is 16.0 Å². The van der Waals surface area contributed by atoms with Crippen LogP contribution in [0, 0.1) is 5.92 Å². The smallest absolute Gasteiger partial charge is 0.0882 e. The van der Waals surface area contributed by atoms with E-state index in [2.05, 4.69) is 10.5 Å². The molecule has 0 bridgehead atoms. The molecule has 70 valence electrons. The molecule has 3 N–H and O–H groups in total. The molecule has 0 aromatic carbocycles. The molecule has 2 aliphatic rings. The summed E-state index contributed by atoms with van der Waals surface area (Å²) in [6.45, 7) is 0.279. The van der Waals surface area contributed by atoms with Crippen LogP contribution >= 0.6 is 11.9 Å². The molecule has 1 aliphatic carbocycles. The molecule has 0 aromatic rings. The Bertz CT molecular complexity index is 285. The fourth-order valence-electron chi connectivity index (χ4n) is 1.61. The topological polar surface area (TPSA) is 58.6 Å². The van der Waals surface area contributed by atoms with Crippen molar-refractivity contribution in [3.8, 4) is 0 Å². The zero-order valence-electron chi connectivity index (χ0n) is 7.13. The molecule has 0 spiro atoms. The summed E-state index contributed by atoms with van der Waals surface area (Å²) in [5.74, 6) is 0.244. The molecule has 4 heteroatoms. The van der Waals surface area contributed by atoms with Crippen LogP contribution in [0.5, 0.6) is 0 Å². The van der Waals surface area contributed by atoms with Crippen molar-refractivity contribution in [1.82, 2.24) is 0 Å². The lowest BCUT2D eigenvalue weighted by Gasteiger charge is -2.23. The van der Waals surface area contributed by atoms with Crippen LogP contribution < -0.4 is 5.73 Å². The Morgan fingerprint density at radius 1 is 1.69 bits per heavy atom. The van der Waals surface area contributed by atoms with Crippen molar-refractivity contribution in [3.63, 3.8) is 0 Å². The quantitative estimate of drug-likeness (QED) is 0.633. The molecule has 0 aromatic heterocycles. The third kappa shape index (κ3) is 1.57. The lowest BCUT2D eigenvalue weighted by molar-refractivity contribution is 0.211. The molecule has 13 heavy (non-hydrogen) atoms. The predicted octanol–water partition coefficient (Wildman–Crippen LogP) is 0.520. The van der Waals surface area contributed by atoms with Gasteiger partial charge in [-0.15, -0.1) is 0 Å². The van der Waals surface area contributed by atoms with E-state index < -0.39 is 6.10 Å². The number of hydrogen-bond acceptors (Lipinski definition) is 4. The van der Waals surface area contributed by atoms with Gasteiger partial charge in [-0.1, -0.05) is 18.2 Å². The highest BCUT2D eigenvalue weighted by molar-refractivity contribution is 7.99. The molecular formula is C9H12N2OS. The van der Waals surface area contributed by atoms with Crippen molar-refractivity contribution < 1.29 is 5.11 Å². The fraction of sp³-hybridized carbons (Fsp3) is 0.444. The first-order valence-electron chi connectivity index (χ1n) is 4.28. The average Bonchev–Trinajstić information content (AvgIpc) is 2.63. The van der Waals surface area contributed by atoms with Gasteiger partial charge < -0.3 is 10.8 Å². The Morgan fingerprint density at radius 2 is 2.54 bits per heavy atom. The largest absolute Gasteiger partial charge is 0.387 e. The molecule has 3 unspecified atom stereocenters. The minimum Gasteiger partial charge on any atom is -0.387 e. The normalized spacial score (nSPS) is 32.9. The van der Waals surface area contributed by atoms with Crippen molar-refractivity contribution >= 4 is 18.2 Å². The van der Waals surface area contributed by atoms with Crippen LogP contribution in [-0.2, 0) is 0 Å².